The van der Waals surface area contributed by atoms with Crippen molar-refractivity contribution in [2.75, 3.05) is 0 Å². The van der Waals surface area contributed by atoms with Crippen LogP contribution in [-0.4, -0.2) is 0 Å². The van der Waals surface area contributed by atoms with Gasteiger partial charge in [-0.1, -0.05) is 75.8 Å². The van der Waals surface area contributed by atoms with Crippen molar-refractivity contribution in [1.29, 1.82) is 0 Å². The van der Waals surface area contributed by atoms with Crippen LogP contribution in [0.2, 0.25) is 0 Å². The van der Waals surface area contributed by atoms with E-state index in [9.17, 15) is 0 Å². The van der Waals surface area contributed by atoms with E-state index in [1.165, 1.54) is 56.9 Å². The molecule has 0 aliphatic heterocycles. The molecule has 0 amide bonds. The Hall–Kier alpha value is -0.780. The fraction of sp³-hybridized carbons (Fsp3) is 0.647. The monoisotopic (exact) mass is 230 g/mol. The van der Waals surface area contributed by atoms with Crippen LogP contribution in [0.3, 0.4) is 0 Å². The van der Waals surface area contributed by atoms with E-state index in [4.69, 9.17) is 0 Å². The summed E-state index contributed by atoms with van der Waals surface area (Å²) in [7, 11) is 0. The molecule has 2 unspecified atom stereocenters. The Morgan fingerprint density at radius 2 is 1.53 bits per heavy atom. The molecule has 0 spiro atoms. The smallest absolute Gasteiger partial charge is 0.0250 e. The molecule has 1 saturated carbocycles. The zero-order chi connectivity index (χ0) is 11.9. The zero-order valence-electron chi connectivity index (χ0n) is 11.2. The SMILES string of the molecule is CCC1CCCCC(Cc2ccccc2)CC1. The quantitative estimate of drug-likeness (QED) is 0.667. The first-order valence-corrected chi connectivity index (χ1v) is 7.42. The highest BCUT2D eigenvalue weighted by atomic mass is 14.2. The lowest BCUT2D eigenvalue weighted by Crippen LogP contribution is -2.11. The van der Waals surface area contributed by atoms with Crippen molar-refractivity contribution < 1.29 is 0 Å². The van der Waals surface area contributed by atoms with E-state index in [2.05, 4.69) is 37.3 Å². The van der Waals surface area contributed by atoms with E-state index >= 15 is 0 Å². The van der Waals surface area contributed by atoms with Crippen LogP contribution in [0.1, 0.15) is 57.4 Å². The van der Waals surface area contributed by atoms with Crippen LogP contribution < -0.4 is 0 Å². The van der Waals surface area contributed by atoms with Gasteiger partial charge in [0.25, 0.3) is 0 Å². The van der Waals surface area contributed by atoms with Gasteiger partial charge in [0.2, 0.25) is 0 Å². The average molecular weight is 230 g/mol. The molecule has 2 rings (SSSR count). The van der Waals surface area contributed by atoms with Gasteiger partial charge in [0, 0.05) is 0 Å². The number of hydrogen-bond donors (Lipinski definition) is 0. The highest BCUT2D eigenvalue weighted by Gasteiger charge is 2.16. The molecule has 0 aromatic heterocycles. The molecular weight excluding hydrogens is 204 g/mol. The first kappa shape index (κ1) is 12.7. The van der Waals surface area contributed by atoms with E-state index < -0.39 is 0 Å². The summed E-state index contributed by atoms with van der Waals surface area (Å²) in [4.78, 5) is 0. The fourth-order valence-electron chi connectivity index (χ4n) is 3.19. The van der Waals surface area contributed by atoms with Crippen LogP contribution in [0, 0.1) is 11.8 Å². The molecule has 0 bridgehead atoms. The van der Waals surface area contributed by atoms with Crippen LogP contribution in [0.4, 0.5) is 0 Å². The summed E-state index contributed by atoms with van der Waals surface area (Å²) >= 11 is 0. The predicted molar refractivity (Wildman–Crippen MR) is 75.1 cm³/mol. The van der Waals surface area contributed by atoms with Crippen molar-refractivity contribution in [2.45, 2.75) is 58.3 Å². The summed E-state index contributed by atoms with van der Waals surface area (Å²) in [6.07, 6.45) is 11.5. The first-order chi connectivity index (χ1) is 8.38. The molecule has 94 valence electrons. The van der Waals surface area contributed by atoms with Gasteiger partial charge in [0.1, 0.15) is 0 Å². The van der Waals surface area contributed by atoms with E-state index in [-0.39, 0.29) is 0 Å². The van der Waals surface area contributed by atoms with Crippen LogP contribution in [0.5, 0.6) is 0 Å². The fourth-order valence-corrected chi connectivity index (χ4v) is 3.19. The molecule has 0 nitrogen and oxygen atoms in total. The zero-order valence-corrected chi connectivity index (χ0v) is 11.2. The van der Waals surface area contributed by atoms with Crippen molar-refractivity contribution in [1.82, 2.24) is 0 Å². The summed E-state index contributed by atoms with van der Waals surface area (Å²) in [6.45, 7) is 2.36. The molecule has 1 aliphatic carbocycles. The van der Waals surface area contributed by atoms with Crippen LogP contribution in [0.15, 0.2) is 30.3 Å². The van der Waals surface area contributed by atoms with Crippen LogP contribution in [0.25, 0.3) is 0 Å². The van der Waals surface area contributed by atoms with Gasteiger partial charge in [0.05, 0.1) is 0 Å². The van der Waals surface area contributed by atoms with Gasteiger partial charge in [-0.2, -0.15) is 0 Å². The predicted octanol–water partition coefficient (Wildman–Crippen LogP) is 5.23. The molecule has 0 N–H and O–H groups in total. The molecule has 0 saturated heterocycles. The van der Waals surface area contributed by atoms with Gasteiger partial charge in [-0.25, -0.2) is 0 Å². The van der Waals surface area contributed by atoms with Crippen molar-refractivity contribution in [3.05, 3.63) is 35.9 Å². The van der Waals surface area contributed by atoms with Crippen LogP contribution in [-0.2, 0) is 6.42 Å². The average Bonchev–Trinajstić information content (AvgIpc) is 2.35. The molecule has 1 aromatic carbocycles. The van der Waals surface area contributed by atoms with E-state index in [0.717, 1.165) is 11.8 Å². The van der Waals surface area contributed by atoms with Crippen LogP contribution >= 0.6 is 0 Å². The van der Waals surface area contributed by atoms with Gasteiger partial charge in [0.15, 0.2) is 0 Å². The van der Waals surface area contributed by atoms with E-state index in [0.29, 0.717) is 0 Å². The number of rotatable bonds is 3. The standard InChI is InChI=1S/C17H26/c1-2-15-8-6-7-11-17(13-12-15)14-16-9-4-3-5-10-16/h3-5,9-10,15,17H,2,6-8,11-14H2,1H3. The molecule has 2 atom stereocenters. The second kappa shape index (κ2) is 6.83. The minimum Gasteiger partial charge on any atom is -0.0651 e. The minimum atomic E-state index is 0.937. The van der Waals surface area contributed by atoms with Crippen molar-refractivity contribution in [3.8, 4) is 0 Å². The Morgan fingerprint density at radius 1 is 0.882 bits per heavy atom. The lowest BCUT2D eigenvalue weighted by atomic mass is 9.82. The second-order valence-corrected chi connectivity index (χ2v) is 5.69. The molecule has 1 aliphatic rings. The van der Waals surface area contributed by atoms with Gasteiger partial charge in [-0.3, -0.25) is 0 Å². The molecule has 0 heterocycles. The summed E-state index contributed by atoms with van der Waals surface area (Å²) < 4.78 is 0. The van der Waals surface area contributed by atoms with Gasteiger partial charge in [-0.05, 0) is 30.2 Å². The molecule has 0 radical (unpaired) electrons. The Labute approximate surface area is 106 Å². The Morgan fingerprint density at radius 3 is 2.24 bits per heavy atom. The summed E-state index contributed by atoms with van der Waals surface area (Å²) in [5, 5.41) is 0. The highest BCUT2D eigenvalue weighted by Crippen LogP contribution is 2.29. The third kappa shape index (κ3) is 4.18. The summed E-state index contributed by atoms with van der Waals surface area (Å²) in [6, 6.07) is 11.0. The molecule has 17 heavy (non-hydrogen) atoms. The summed E-state index contributed by atoms with van der Waals surface area (Å²) in [5.41, 5.74) is 1.53. The number of hydrogen-bond acceptors (Lipinski definition) is 0. The number of benzene rings is 1. The molecule has 0 heteroatoms. The molecule has 1 aromatic rings. The highest BCUT2D eigenvalue weighted by molar-refractivity contribution is 5.15. The van der Waals surface area contributed by atoms with Crippen molar-refractivity contribution in [3.63, 3.8) is 0 Å². The second-order valence-electron chi connectivity index (χ2n) is 5.69. The minimum absolute atomic E-state index is 0.937. The molecule has 1 fully saturated rings. The first-order valence-electron chi connectivity index (χ1n) is 7.42. The Balaban J connectivity index is 1.87. The lowest BCUT2D eigenvalue weighted by Gasteiger charge is -2.24. The maximum atomic E-state index is 2.36. The third-order valence-electron chi connectivity index (χ3n) is 4.40. The van der Waals surface area contributed by atoms with E-state index in [1.54, 1.807) is 0 Å². The Kier molecular flexibility index (Phi) is 5.09. The largest absolute Gasteiger partial charge is 0.0651 e. The lowest BCUT2D eigenvalue weighted by molar-refractivity contribution is 0.305. The summed E-state index contributed by atoms with van der Waals surface area (Å²) in [5.74, 6) is 1.94. The van der Waals surface area contributed by atoms with Crippen molar-refractivity contribution in [2.24, 2.45) is 11.8 Å². The molecular formula is C17H26. The van der Waals surface area contributed by atoms with Gasteiger partial charge < -0.3 is 0 Å². The Bertz CT molecular complexity index is 301. The van der Waals surface area contributed by atoms with E-state index in [1.807, 2.05) is 0 Å². The van der Waals surface area contributed by atoms with Gasteiger partial charge in [-0.15, -0.1) is 0 Å². The maximum absolute atomic E-state index is 2.36. The van der Waals surface area contributed by atoms with Gasteiger partial charge >= 0.3 is 0 Å². The maximum Gasteiger partial charge on any atom is -0.0250 e. The normalized spacial score (nSPS) is 26.2. The van der Waals surface area contributed by atoms with Crippen molar-refractivity contribution >= 4 is 0 Å². The third-order valence-corrected chi connectivity index (χ3v) is 4.40. The topological polar surface area (TPSA) is 0 Å².